The van der Waals surface area contributed by atoms with Gasteiger partial charge in [0.2, 0.25) is 10.0 Å². The maximum atomic E-state index is 11.9. The van der Waals surface area contributed by atoms with Crippen molar-refractivity contribution in [3.63, 3.8) is 0 Å². The van der Waals surface area contributed by atoms with Crippen molar-refractivity contribution >= 4 is 15.7 Å². The van der Waals surface area contributed by atoms with Gasteiger partial charge >= 0.3 is 0 Å². The molecule has 0 saturated heterocycles. The molecule has 0 amide bonds. The second-order valence-electron chi connectivity index (χ2n) is 5.31. The van der Waals surface area contributed by atoms with Crippen LogP contribution >= 0.6 is 0 Å². The highest BCUT2D eigenvalue weighted by atomic mass is 32.2. The number of nitrogens with zero attached hydrogens (tertiary/aromatic N) is 3. The number of rotatable bonds is 5. The molecule has 0 spiro atoms. The quantitative estimate of drug-likeness (QED) is 0.642. The Bertz CT molecular complexity index is 926. The molecule has 0 aliphatic heterocycles. The Labute approximate surface area is 153 Å². The van der Waals surface area contributed by atoms with E-state index in [0.717, 1.165) is 5.69 Å². The Balaban J connectivity index is 0.000000290. The third kappa shape index (κ3) is 5.29. The Morgan fingerprint density at radius 2 is 1.69 bits per heavy atom. The first kappa shape index (κ1) is 19.4. The smallest absolute Gasteiger partial charge is 0.238 e. The summed E-state index contributed by atoms with van der Waals surface area (Å²) in [4.78, 5) is 0. The maximum absolute atomic E-state index is 11.9. The molecular formula is C19H20FN3O2S. The standard InChI is InChI=1S/C13H15N3O2S.C6H5F/c1-3-9-19(17,18)15(2)13-10-14-16(11-13)12-7-5-4-6-8-12;7-6-4-2-1-3-5-6/h3-8,10-11H,1,9H2,2H3;1-5H. The van der Waals surface area contributed by atoms with Gasteiger partial charge in [-0.3, -0.25) is 4.31 Å². The third-order valence-electron chi connectivity index (χ3n) is 3.43. The lowest BCUT2D eigenvalue weighted by molar-refractivity contribution is 0.597. The van der Waals surface area contributed by atoms with Crippen molar-refractivity contribution in [1.82, 2.24) is 9.78 Å². The minimum atomic E-state index is -3.37. The van der Waals surface area contributed by atoms with Crippen LogP contribution in [0.1, 0.15) is 0 Å². The molecule has 7 heteroatoms. The van der Waals surface area contributed by atoms with Gasteiger partial charge in [-0.05, 0) is 24.3 Å². The van der Waals surface area contributed by atoms with Crippen LogP contribution in [0.15, 0.2) is 85.7 Å². The molecule has 0 saturated carbocycles. The van der Waals surface area contributed by atoms with Crippen molar-refractivity contribution in [3.05, 3.63) is 91.5 Å². The van der Waals surface area contributed by atoms with Gasteiger partial charge in [-0.1, -0.05) is 42.5 Å². The molecule has 5 nitrogen and oxygen atoms in total. The minimum absolute atomic E-state index is 0.0972. The van der Waals surface area contributed by atoms with Crippen LogP contribution in [0.4, 0.5) is 10.1 Å². The van der Waals surface area contributed by atoms with Crippen LogP contribution in [-0.4, -0.2) is 31.0 Å². The molecule has 0 atom stereocenters. The Kier molecular flexibility index (Phi) is 6.68. The molecule has 0 radical (unpaired) electrons. The number of hydrogen-bond donors (Lipinski definition) is 0. The van der Waals surface area contributed by atoms with Crippen LogP contribution in [0.3, 0.4) is 0 Å². The van der Waals surface area contributed by atoms with E-state index in [1.54, 1.807) is 29.1 Å². The van der Waals surface area contributed by atoms with E-state index < -0.39 is 10.0 Å². The van der Waals surface area contributed by atoms with E-state index >= 15 is 0 Å². The van der Waals surface area contributed by atoms with E-state index in [1.807, 2.05) is 30.3 Å². The van der Waals surface area contributed by atoms with Crippen LogP contribution in [0.5, 0.6) is 0 Å². The van der Waals surface area contributed by atoms with E-state index in [-0.39, 0.29) is 11.6 Å². The molecule has 2 aromatic carbocycles. The number of halogens is 1. The van der Waals surface area contributed by atoms with Crippen molar-refractivity contribution in [3.8, 4) is 5.69 Å². The van der Waals surface area contributed by atoms with E-state index in [2.05, 4.69) is 11.7 Å². The van der Waals surface area contributed by atoms with Gasteiger partial charge in [0.1, 0.15) is 5.82 Å². The largest absolute Gasteiger partial charge is 0.270 e. The molecule has 3 rings (SSSR count). The molecule has 0 fully saturated rings. The van der Waals surface area contributed by atoms with Gasteiger partial charge in [0.15, 0.2) is 0 Å². The fourth-order valence-electron chi connectivity index (χ4n) is 2.03. The lowest BCUT2D eigenvalue weighted by atomic mass is 10.3. The highest BCUT2D eigenvalue weighted by Gasteiger charge is 2.18. The minimum Gasteiger partial charge on any atom is -0.270 e. The molecule has 0 unspecified atom stereocenters. The van der Waals surface area contributed by atoms with Crippen LogP contribution in [-0.2, 0) is 10.0 Å². The lowest BCUT2D eigenvalue weighted by Crippen LogP contribution is -2.27. The number of anilines is 1. The van der Waals surface area contributed by atoms with Crippen molar-refractivity contribution < 1.29 is 12.8 Å². The highest BCUT2D eigenvalue weighted by Crippen LogP contribution is 2.17. The third-order valence-corrected chi connectivity index (χ3v) is 5.13. The molecule has 0 N–H and O–H groups in total. The normalized spacial score (nSPS) is 10.5. The summed E-state index contributed by atoms with van der Waals surface area (Å²) in [7, 11) is -1.87. The number of sulfonamides is 1. The second kappa shape index (κ2) is 8.96. The zero-order valence-electron chi connectivity index (χ0n) is 14.4. The lowest BCUT2D eigenvalue weighted by Gasteiger charge is -2.15. The van der Waals surface area contributed by atoms with Crippen LogP contribution < -0.4 is 4.31 Å². The maximum Gasteiger partial charge on any atom is 0.238 e. The molecule has 136 valence electrons. The highest BCUT2D eigenvalue weighted by molar-refractivity contribution is 7.92. The fourth-order valence-corrected chi connectivity index (χ4v) is 2.97. The van der Waals surface area contributed by atoms with Crippen LogP contribution in [0.2, 0.25) is 0 Å². The van der Waals surface area contributed by atoms with Crippen molar-refractivity contribution in [2.75, 3.05) is 17.1 Å². The van der Waals surface area contributed by atoms with Gasteiger partial charge < -0.3 is 0 Å². The summed E-state index contributed by atoms with van der Waals surface area (Å²) in [6.45, 7) is 3.45. The zero-order chi connectivity index (χ0) is 19.0. The fraction of sp³-hybridized carbons (Fsp3) is 0.105. The first-order valence-electron chi connectivity index (χ1n) is 7.82. The summed E-state index contributed by atoms with van der Waals surface area (Å²) in [6.07, 6.45) is 4.57. The summed E-state index contributed by atoms with van der Waals surface area (Å²) in [6, 6.07) is 17.4. The monoisotopic (exact) mass is 373 g/mol. The summed E-state index contributed by atoms with van der Waals surface area (Å²) in [5.41, 5.74) is 1.40. The van der Waals surface area contributed by atoms with Gasteiger partial charge in [-0.2, -0.15) is 5.10 Å². The second-order valence-corrected chi connectivity index (χ2v) is 7.35. The first-order valence-corrected chi connectivity index (χ1v) is 9.43. The van der Waals surface area contributed by atoms with Crippen molar-refractivity contribution in [2.45, 2.75) is 0 Å². The van der Waals surface area contributed by atoms with Crippen LogP contribution in [0, 0.1) is 5.82 Å². The summed E-state index contributed by atoms with van der Waals surface area (Å²) >= 11 is 0. The molecule has 3 aromatic rings. The molecule has 1 aromatic heterocycles. The molecule has 26 heavy (non-hydrogen) atoms. The van der Waals surface area contributed by atoms with Crippen molar-refractivity contribution in [2.24, 2.45) is 0 Å². The number of aromatic nitrogens is 2. The Morgan fingerprint density at radius 1 is 1.12 bits per heavy atom. The van der Waals surface area contributed by atoms with Gasteiger partial charge in [0.05, 0.1) is 29.5 Å². The van der Waals surface area contributed by atoms with Gasteiger partial charge in [0.25, 0.3) is 0 Å². The Hall–Kier alpha value is -2.93. The zero-order valence-corrected chi connectivity index (χ0v) is 15.2. The van der Waals surface area contributed by atoms with Gasteiger partial charge in [-0.15, -0.1) is 6.58 Å². The van der Waals surface area contributed by atoms with E-state index in [4.69, 9.17) is 0 Å². The van der Waals surface area contributed by atoms with E-state index in [0.29, 0.717) is 5.69 Å². The summed E-state index contributed by atoms with van der Waals surface area (Å²) in [5.74, 6) is -0.275. The van der Waals surface area contributed by atoms with E-state index in [1.165, 1.54) is 35.8 Å². The van der Waals surface area contributed by atoms with E-state index in [9.17, 15) is 12.8 Å². The molecular weight excluding hydrogens is 353 g/mol. The van der Waals surface area contributed by atoms with Crippen molar-refractivity contribution in [1.29, 1.82) is 0 Å². The molecule has 0 aliphatic carbocycles. The number of para-hydroxylation sites is 1. The topological polar surface area (TPSA) is 55.2 Å². The van der Waals surface area contributed by atoms with Gasteiger partial charge in [-0.25, -0.2) is 17.5 Å². The summed E-state index contributed by atoms with van der Waals surface area (Å²) < 4.78 is 38.5. The summed E-state index contributed by atoms with van der Waals surface area (Å²) in [5, 5.41) is 4.17. The number of hydrogen-bond acceptors (Lipinski definition) is 3. The molecule has 1 heterocycles. The molecule has 0 bridgehead atoms. The van der Waals surface area contributed by atoms with Gasteiger partial charge in [0, 0.05) is 7.05 Å². The predicted octanol–water partition coefficient (Wildman–Crippen LogP) is 3.65. The predicted molar refractivity (Wildman–Crippen MR) is 102 cm³/mol. The average Bonchev–Trinajstić information content (AvgIpc) is 3.13. The van der Waals surface area contributed by atoms with Crippen LogP contribution in [0.25, 0.3) is 5.69 Å². The number of benzene rings is 2. The Morgan fingerprint density at radius 3 is 2.19 bits per heavy atom. The molecule has 0 aliphatic rings. The average molecular weight is 373 g/mol. The first-order chi connectivity index (χ1) is 12.4. The SMILES string of the molecule is C=CCS(=O)(=O)N(C)c1cnn(-c2ccccc2)c1.Fc1ccccc1.